The molecule has 0 bridgehead atoms. The largest absolute Gasteiger partial charge is 0.493 e. The number of hydrogen-bond acceptors (Lipinski definition) is 4. The SMILES string of the molecule is NCCCN1CCN(Cc2cc(Cl)cc3c2OCC3)CC1. The summed E-state index contributed by atoms with van der Waals surface area (Å²) in [6.45, 7) is 8.10. The van der Waals surface area contributed by atoms with Gasteiger partial charge in [-0.2, -0.15) is 0 Å². The standard InChI is InChI=1S/C16H24ClN3O/c17-15-10-13-2-9-21-16(13)14(11-15)12-20-7-5-19(6-8-20)4-1-3-18/h10-11H,1-9,12,18H2. The van der Waals surface area contributed by atoms with E-state index in [0.717, 1.165) is 76.0 Å². The van der Waals surface area contributed by atoms with E-state index >= 15 is 0 Å². The van der Waals surface area contributed by atoms with Gasteiger partial charge >= 0.3 is 0 Å². The Bertz CT molecular complexity index is 487. The van der Waals surface area contributed by atoms with Crippen LogP contribution in [0.2, 0.25) is 5.02 Å². The zero-order chi connectivity index (χ0) is 14.7. The van der Waals surface area contributed by atoms with Crippen LogP contribution in [0.15, 0.2) is 12.1 Å². The lowest BCUT2D eigenvalue weighted by atomic mass is 10.1. The predicted molar refractivity (Wildman–Crippen MR) is 86.0 cm³/mol. The van der Waals surface area contributed by atoms with Gasteiger partial charge in [-0.15, -0.1) is 0 Å². The summed E-state index contributed by atoms with van der Waals surface area (Å²) in [5, 5.41) is 0.829. The van der Waals surface area contributed by atoms with E-state index in [4.69, 9.17) is 22.1 Å². The number of benzene rings is 1. The molecule has 0 unspecified atom stereocenters. The molecule has 0 spiro atoms. The molecular formula is C16H24ClN3O. The summed E-state index contributed by atoms with van der Waals surface area (Å²) in [7, 11) is 0. The summed E-state index contributed by atoms with van der Waals surface area (Å²) < 4.78 is 5.79. The minimum Gasteiger partial charge on any atom is -0.493 e. The fourth-order valence-electron chi connectivity index (χ4n) is 3.19. The highest BCUT2D eigenvalue weighted by Gasteiger charge is 2.21. The molecular weight excluding hydrogens is 286 g/mol. The van der Waals surface area contributed by atoms with Crippen molar-refractivity contribution in [3.63, 3.8) is 0 Å². The van der Waals surface area contributed by atoms with E-state index in [1.807, 2.05) is 6.07 Å². The van der Waals surface area contributed by atoms with Crippen molar-refractivity contribution in [2.24, 2.45) is 5.73 Å². The van der Waals surface area contributed by atoms with Crippen LogP contribution in [-0.4, -0.2) is 55.7 Å². The molecule has 0 aromatic heterocycles. The first kappa shape index (κ1) is 15.1. The quantitative estimate of drug-likeness (QED) is 0.899. The molecule has 4 nitrogen and oxygen atoms in total. The Labute approximate surface area is 131 Å². The van der Waals surface area contributed by atoms with Crippen molar-refractivity contribution < 1.29 is 4.74 Å². The van der Waals surface area contributed by atoms with Gasteiger partial charge in [-0.25, -0.2) is 0 Å². The van der Waals surface area contributed by atoms with Crippen LogP contribution in [0.1, 0.15) is 17.5 Å². The first-order valence-electron chi connectivity index (χ1n) is 7.85. The van der Waals surface area contributed by atoms with E-state index in [1.54, 1.807) is 0 Å². The Morgan fingerprint density at radius 1 is 1.14 bits per heavy atom. The lowest BCUT2D eigenvalue weighted by Crippen LogP contribution is -2.46. The van der Waals surface area contributed by atoms with E-state index in [2.05, 4.69) is 15.9 Å². The Kier molecular flexibility index (Phi) is 5.01. The Morgan fingerprint density at radius 3 is 2.67 bits per heavy atom. The van der Waals surface area contributed by atoms with Gasteiger partial charge in [0.15, 0.2) is 0 Å². The zero-order valence-corrected chi connectivity index (χ0v) is 13.2. The molecule has 0 atom stereocenters. The lowest BCUT2D eigenvalue weighted by molar-refractivity contribution is 0.126. The Balaban J connectivity index is 1.59. The van der Waals surface area contributed by atoms with Crippen molar-refractivity contribution in [1.82, 2.24) is 9.80 Å². The molecule has 0 amide bonds. The summed E-state index contributed by atoms with van der Waals surface area (Å²) in [5.41, 5.74) is 8.08. The highest BCUT2D eigenvalue weighted by atomic mass is 35.5. The number of hydrogen-bond donors (Lipinski definition) is 1. The molecule has 2 aliphatic heterocycles. The Morgan fingerprint density at radius 2 is 1.90 bits per heavy atom. The van der Waals surface area contributed by atoms with Crippen molar-refractivity contribution >= 4 is 11.6 Å². The summed E-state index contributed by atoms with van der Waals surface area (Å²) >= 11 is 6.23. The van der Waals surface area contributed by atoms with Gasteiger partial charge in [0.05, 0.1) is 6.61 Å². The number of piperazine rings is 1. The first-order chi connectivity index (χ1) is 10.3. The molecule has 2 aliphatic rings. The molecule has 5 heteroatoms. The monoisotopic (exact) mass is 309 g/mol. The normalized spacial score (nSPS) is 19.5. The van der Waals surface area contributed by atoms with Gasteiger partial charge in [-0.3, -0.25) is 4.90 Å². The second-order valence-corrected chi connectivity index (χ2v) is 6.35. The van der Waals surface area contributed by atoms with E-state index < -0.39 is 0 Å². The van der Waals surface area contributed by atoms with Crippen molar-refractivity contribution in [3.05, 3.63) is 28.3 Å². The zero-order valence-electron chi connectivity index (χ0n) is 12.5. The van der Waals surface area contributed by atoms with Crippen molar-refractivity contribution in [2.45, 2.75) is 19.4 Å². The van der Waals surface area contributed by atoms with Crippen LogP contribution in [0.3, 0.4) is 0 Å². The summed E-state index contributed by atoms with van der Waals surface area (Å²) in [5.74, 6) is 1.07. The number of fused-ring (bicyclic) bond motifs is 1. The van der Waals surface area contributed by atoms with Crippen LogP contribution < -0.4 is 10.5 Å². The minimum absolute atomic E-state index is 0.784. The van der Waals surface area contributed by atoms with E-state index in [9.17, 15) is 0 Å². The number of nitrogens with zero attached hydrogens (tertiary/aromatic N) is 2. The molecule has 0 saturated carbocycles. The maximum absolute atomic E-state index is 6.23. The first-order valence-corrected chi connectivity index (χ1v) is 8.23. The third-order valence-corrected chi connectivity index (χ3v) is 4.58. The van der Waals surface area contributed by atoms with Crippen LogP contribution >= 0.6 is 11.6 Å². The number of ether oxygens (including phenoxy) is 1. The number of halogens is 1. The van der Waals surface area contributed by atoms with Crippen LogP contribution in [-0.2, 0) is 13.0 Å². The summed E-state index contributed by atoms with van der Waals surface area (Å²) in [6.07, 6.45) is 2.07. The predicted octanol–water partition coefficient (Wildman–Crippen LogP) is 1.74. The van der Waals surface area contributed by atoms with E-state index in [0.29, 0.717) is 0 Å². The molecule has 116 valence electrons. The highest BCUT2D eigenvalue weighted by Crippen LogP contribution is 2.33. The number of rotatable bonds is 5. The average molecular weight is 310 g/mol. The van der Waals surface area contributed by atoms with Crippen molar-refractivity contribution in [2.75, 3.05) is 45.9 Å². The van der Waals surface area contributed by atoms with Gasteiger partial charge in [0, 0.05) is 49.7 Å². The third-order valence-electron chi connectivity index (χ3n) is 4.36. The Hall–Kier alpha value is -0.810. The van der Waals surface area contributed by atoms with Gasteiger partial charge < -0.3 is 15.4 Å². The van der Waals surface area contributed by atoms with E-state index in [1.165, 1.54) is 11.1 Å². The second kappa shape index (κ2) is 6.97. The molecule has 3 rings (SSSR count). The molecule has 21 heavy (non-hydrogen) atoms. The van der Waals surface area contributed by atoms with Crippen LogP contribution in [0.5, 0.6) is 5.75 Å². The third kappa shape index (κ3) is 3.69. The summed E-state index contributed by atoms with van der Waals surface area (Å²) in [4.78, 5) is 4.99. The molecule has 1 fully saturated rings. The molecule has 2 heterocycles. The van der Waals surface area contributed by atoms with Gasteiger partial charge in [-0.1, -0.05) is 11.6 Å². The van der Waals surface area contributed by atoms with Gasteiger partial charge in [0.1, 0.15) is 5.75 Å². The molecule has 0 aliphatic carbocycles. The minimum atomic E-state index is 0.784. The lowest BCUT2D eigenvalue weighted by Gasteiger charge is -2.34. The van der Waals surface area contributed by atoms with Crippen LogP contribution in [0.4, 0.5) is 0 Å². The smallest absolute Gasteiger partial charge is 0.127 e. The van der Waals surface area contributed by atoms with Crippen LogP contribution in [0, 0.1) is 0 Å². The molecule has 1 saturated heterocycles. The average Bonchev–Trinajstić information content (AvgIpc) is 2.95. The molecule has 1 aromatic rings. The van der Waals surface area contributed by atoms with Crippen molar-refractivity contribution in [3.8, 4) is 5.75 Å². The van der Waals surface area contributed by atoms with E-state index in [-0.39, 0.29) is 0 Å². The second-order valence-electron chi connectivity index (χ2n) is 5.91. The van der Waals surface area contributed by atoms with Crippen LogP contribution in [0.25, 0.3) is 0 Å². The van der Waals surface area contributed by atoms with Gasteiger partial charge in [0.25, 0.3) is 0 Å². The van der Waals surface area contributed by atoms with Gasteiger partial charge in [-0.05, 0) is 37.2 Å². The molecule has 0 radical (unpaired) electrons. The fraction of sp³-hybridized carbons (Fsp3) is 0.625. The highest BCUT2D eigenvalue weighted by molar-refractivity contribution is 6.30. The number of nitrogens with two attached hydrogens (primary N) is 1. The topological polar surface area (TPSA) is 41.7 Å². The van der Waals surface area contributed by atoms with Gasteiger partial charge in [0.2, 0.25) is 0 Å². The van der Waals surface area contributed by atoms with Crippen molar-refractivity contribution in [1.29, 1.82) is 0 Å². The maximum Gasteiger partial charge on any atom is 0.127 e. The molecule has 2 N–H and O–H groups in total. The fourth-order valence-corrected chi connectivity index (χ4v) is 3.45. The molecule has 1 aromatic carbocycles. The maximum atomic E-state index is 6.23. The summed E-state index contributed by atoms with van der Waals surface area (Å²) in [6, 6.07) is 4.10.